The van der Waals surface area contributed by atoms with E-state index in [2.05, 4.69) is 19.2 Å². The fourth-order valence-corrected chi connectivity index (χ4v) is 3.19. The molecule has 2 fully saturated rings. The van der Waals surface area contributed by atoms with E-state index in [-0.39, 0.29) is 6.03 Å². The predicted molar refractivity (Wildman–Crippen MR) is 74.5 cm³/mol. The molecule has 1 aliphatic carbocycles. The molecular formula is C15H28N2O. The minimum Gasteiger partial charge on any atom is -0.335 e. The lowest BCUT2D eigenvalue weighted by molar-refractivity contribution is 0.165. The van der Waals surface area contributed by atoms with Crippen molar-refractivity contribution >= 4 is 6.03 Å². The Labute approximate surface area is 111 Å². The van der Waals surface area contributed by atoms with Gasteiger partial charge in [0.15, 0.2) is 0 Å². The van der Waals surface area contributed by atoms with Crippen LogP contribution >= 0.6 is 0 Å². The zero-order valence-corrected chi connectivity index (χ0v) is 12.0. The summed E-state index contributed by atoms with van der Waals surface area (Å²) in [5.74, 6) is 1.68. The second-order valence-electron chi connectivity index (χ2n) is 6.24. The summed E-state index contributed by atoms with van der Waals surface area (Å²) in [5.41, 5.74) is 0. The summed E-state index contributed by atoms with van der Waals surface area (Å²) in [6.07, 6.45) is 8.55. The van der Waals surface area contributed by atoms with Gasteiger partial charge in [-0.05, 0) is 50.4 Å². The molecular weight excluding hydrogens is 224 g/mol. The average Bonchev–Trinajstić information content (AvgIpc) is 2.40. The number of carbonyl (C=O) groups is 1. The molecule has 3 heteroatoms. The van der Waals surface area contributed by atoms with Gasteiger partial charge in [0, 0.05) is 19.1 Å². The Balaban J connectivity index is 1.71. The van der Waals surface area contributed by atoms with E-state index in [4.69, 9.17) is 0 Å². The smallest absolute Gasteiger partial charge is 0.317 e. The number of hydrogen-bond acceptors (Lipinski definition) is 1. The number of urea groups is 1. The maximum atomic E-state index is 12.1. The van der Waals surface area contributed by atoms with Gasteiger partial charge in [0.25, 0.3) is 0 Å². The highest BCUT2D eigenvalue weighted by molar-refractivity contribution is 5.74. The lowest BCUT2D eigenvalue weighted by Gasteiger charge is -2.34. The number of nitrogens with zero attached hydrogens (tertiary/aromatic N) is 1. The first kappa shape index (κ1) is 13.7. The van der Waals surface area contributed by atoms with Crippen LogP contribution in [-0.4, -0.2) is 30.1 Å². The standard InChI is InChI=1S/C15H28N2O/c1-3-13-4-6-14(7-5-13)16-15(18)17-10-8-12(2)9-11-17/h12-14H,3-11H2,1-2H3,(H,16,18). The molecule has 2 amide bonds. The van der Waals surface area contributed by atoms with Gasteiger partial charge >= 0.3 is 6.03 Å². The highest BCUT2D eigenvalue weighted by Crippen LogP contribution is 2.26. The maximum Gasteiger partial charge on any atom is 0.317 e. The quantitative estimate of drug-likeness (QED) is 0.802. The molecule has 0 unspecified atom stereocenters. The fourth-order valence-electron chi connectivity index (χ4n) is 3.19. The van der Waals surface area contributed by atoms with Crippen molar-refractivity contribution in [2.24, 2.45) is 11.8 Å². The van der Waals surface area contributed by atoms with Crippen LogP contribution in [0, 0.1) is 11.8 Å². The second kappa shape index (κ2) is 6.44. The molecule has 18 heavy (non-hydrogen) atoms. The molecule has 0 spiro atoms. The van der Waals surface area contributed by atoms with Crippen molar-refractivity contribution in [3.05, 3.63) is 0 Å². The van der Waals surface area contributed by atoms with E-state index in [1.165, 1.54) is 32.1 Å². The van der Waals surface area contributed by atoms with Crippen LogP contribution in [0.1, 0.15) is 58.8 Å². The second-order valence-corrected chi connectivity index (χ2v) is 6.24. The third kappa shape index (κ3) is 3.63. The van der Waals surface area contributed by atoms with E-state index in [9.17, 15) is 4.79 Å². The fraction of sp³-hybridized carbons (Fsp3) is 0.933. The lowest BCUT2D eigenvalue weighted by Crippen LogP contribution is -2.48. The van der Waals surface area contributed by atoms with Crippen molar-refractivity contribution in [3.8, 4) is 0 Å². The van der Waals surface area contributed by atoms with E-state index in [0.29, 0.717) is 6.04 Å². The molecule has 1 aliphatic heterocycles. The van der Waals surface area contributed by atoms with Crippen molar-refractivity contribution in [3.63, 3.8) is 0 Å². The van der Waals surface area contributed by atoms with Gasteiger partial charge in [-0.2, -0.15) is 0 Å². The molecule has 2 rings (SSSR count). The Morgan fingerprint density at radius 1 is 1.11 bits per heavy atom. The van der Waals surface area contributed by atoms with Crippen LogP contribution in [0.15, 0.2) is 0 Å². The molecule has 0 radical (unpaired) electrons. The van der Waals surface area contributed by atoms with Crippen molar-refractivity contribution < 1.29 is 4.79 Å². The number of amides is 2. The molecule has 0 bridgehead atoms. The lowest BCUT2D eigenvalue weighted by atomic mass is 9.84. The molecule has 0 aromatic rings. The zero-order chi connectivity index (χ0) is 13.0. The molecule has 0 aromatic carbocycles. The van der Waals surface area contributed by atoms with Gasteiger partial charge in [0.05, 0.1) is 0 Å². The van der Waals surface area contributed by atoms with Crippen molar-refractivity contribution in [1.82, 2.24) is 10.2 Å². The summed E-state index contributed by atoms with van der Waals surface area (Å²) >= 11 is 0. The molecule has 1 heterocycles. The Bertz CT molecular complexity index is 264. The Morgan fingerprint density at radius 3 is 2.28 bits per heavy atom. The van der Waals surface area contributed by atoms with Crippen LogP contribution < -0.4 is 5.32 Å². The molecule has 1 N–H and O–H groups in total. The highest BCUT2D eigenvalue weighted by atomic mass is 16.2. The summed E-state index contributed by atoms with van der Waals surface area (Å²) in [7, 11) is 0. The van der Waals surface area contributed by atoms with Crippen LogP contribution in [-0.2, 0) is 0 Å². The maximum absolute atomic E-state index is 12.1. The highest BCUT2D eigenvalue weighted by Gasteiger charge is 2.25. The summed E-state index contributed by atoms with van der Waals surface area (Å²) < 4.78 is 0. The van der Waals surface area contributed by atoms with E-state index in [1.807, 2.05) is 4.90 Å². The Morgan fingerprint density at radius 2 is 1.72 bits per heavy atom. The topological polar surface area (TPSA) is 32.3 Å². The van der Waals surface area contributed by atoms with Gasteiger partial charge in [-0.1, -0.05) is 20.3 Å². The summed E-state index contributed by atoms with van der Waals surface area (Å²) in [6, 6.07) is 0.612. The molecule has 0 aromatic heterocycles. The monoisotopic (exact) mass is 252 g/mol. The molecule has 3 nitrogen and oxygen atoms in total. The van der Waals surface area contributed by atoms with Crippen LogP contribution in [0.2, 0.25) is 0 Å². The van der Waals surface area contributed by atoms with E-state index < -0.39 is 0 Å². The van der Waals surface area contributed by atoms with Gasteiger partial charge in [-0.15, -0.1) is 0 Å². The van der Waals surface area contributed by atoms with E-state index >= 15 is 0 Å². The predicted octanol–water partition coefficient (Wildman–Crippen LogP) is 3.40. The number of likely N-dealkylation sites (tertiary alicyclic amines) is 1. The number of carbonyl (C=O) groups excluding carboxylic acids is 1. The number of piperidine rings is 1. The third-order valence-electron chi connectivity index (χ3n) is 4.82. The van der Waals surface area contributed by atoms with Crippen LogP contribution in [0.25, 0.3) is 0 Å². The first-order valence-electron chi connectivity index (χ1n) is 7.74. The average molecular weight is 252 g/mol. The van der Waals surface area contributed by atoms with Gasteiger partial charge in [-0.25, -0.2) is 4.79 Å². The normalized spacial score (nSPS) is 30.2. The third-order valence-corrected chi connectivity index (χ3v) is 4.82. The SMILES string of the molecule is CCC1CCC(NC(=O)N2CCC(C)CC2)CC1. The molecule has 2 aliphatic rings. The molecule has 0 atom stereocenters. The molecule has 1 saturated heterocycles. The van der Waals surface area contributed by atoms with Gasteiger partial charge in [0.2, 0.25) is 0 Å². The Hall–Kier alpha value is -0.730. The van der Waals surface area contributed by atoms with Gasteiger partial charge < -0.3 is 10.2 Å². The summed E-state index contributed by atoms with van der Waals surface area (Å²) in [5, 5.41) is 3.24. The minimum absolute atomic E-state index is 0.182. The van der Waals surface area contributed by atoms with Crippen molar-refractivity contribution in [2.45, 2.75) is 64.8 Å². The number of rotatable bonds is 2. The first-order valence-corrected chi connectivity index (χ1v) is 7.74. The molecule has 1 saturated carbocycles. The number of hydrogen-bond donors (Lipinski definition) is 1. The minimum atomic E-state index is 0.182. The van der Waals surface area contributed by atoms with Gasteiger partial charge in [0.1, 0.15) is 0 Å². The van der Waals surface area contributed by atoms with E-state index in [1.54, 1.807) is 0 Å². The van der Waals surface area contributed by atoms with Gasteiger partial charge in [-0.3, -0.25) is 0 Å². The summed E-state index contributed by atoms with van der Waals surface area (Å²) in [6.45, 7) is 6.44. The largest absolute Gasteiger partial charge is 0.335 e. The zero-order valence-electron chi connectivity index (χ0n) is 12.0. The van der Waals surface area contributed by atoms with Crippen molar-refractivity contribution in [2.75, 3.05) is 13.1 Å². The van der Waals surface area contributed by atoms with Crippen LogP contribution in [0.3, 0.4) is 0 Å². The molecule has 104 valence electrons. The van der Waals surface area contributed by atoms with E-state index in [0.717, 1.165) is 37.8 Å². The van der Waals surface area contributed by atoms with Crippen molar-refractivity contribution in [1.29, 1.82) is 0 Å². The summed E-state index contributed by atoms with van der Waals surface area (Å²) in [4.78, 5) is 14.1. The first-order chi connectivity index (χ1) is 8.69. The number of nitrogens with one attached hydrogen (secondary N) is 1. The Kier molecular flexibility index (Phi) is 4.90. The van der Waals surface area contributed by atoms with Crippen LogP contribution in [0.5, 0.6) is 0 Å². The van der Waals surface area contributed by atoms with Crippen LogP contribution in [0.4, 0.5) is 4.79 Å².